The van der Waals surface area contributed by atoms with Crippen molar-refractivity contribution in [3.8, 4) is 28.5 Å². The van der Waals surface area contributed by atoms with Gasteiger partial charge in [-0.2, -0.15) is 9.97 Å². The zero-order valence-electron chi connectivity index (χ0n) is 25.4. The molecule has 4 aromatic carbocycles. The first-order valence-corrected chi connectivity index (χ1v) is 14.5. The number of methoxy groups -OCH3 is 1. The maximum absolute atomic E-state index is 13.6. The molecule has 3 aromatic heterocycles. The lowest BCUT2D eigenvalue weighted by atomic mass is 10.0. The maximum atomic E-state index is 13.6. The van der Waals surface area contributed by atoms with E-state index in [9.17, 15) is 14.4 Å². The largest absolute Gasteiger partial charge is 0.465 e. The number of aryl methyl sites for hydroxylation is 2. The minimum atomic E-state index is -0.778. The number of aromatic nitrogens is 5. The summed E-state index contributed by atoms with van der Waals surface area (Å²) in [5.74, 6) is 0.533. The Morgan fingerprint density at radius 2 is 1.47 bits per heavy atom. The van der Waals surface area contributed by atoms with Gasteiger partial charge in [-0.25, -0.2) is 9.59 Å². The maximum Gasteiger partial charge on any atom is 0.343 e. The smallest absolute Gasteiger partial charge is 0.343 e. The second-order valence-electron chi connectivity index (χ2n) is 10.8. The van der Waals surface area contributed by atoms with E-state index in [1.807, 2.05) is 36.4 Å². The molecule has 0 radical (unpaired) electrons. The van der Waals surface area contributed by atoms with Crippen molar-refractivity contribution < 1.29 is 28.1 Å². The predicted octanol–water partition coefficient (Wildman–Crippen LogP) is 5.93. The molecular weight excluding hydrogens is 602 g/mol. The van der Waals surface area contributed by atoms with Crippen LogP contribution in [-0.2, 0) is 11.3 Å². The molecule has 0 unspecified atom stereocenters. The van der Waals surface area contributed by atoms with E-state index in [1.54, 1.807) is 56.3 Å². The van der Waals surface area contributed by atoms with Crippen molar-refractivity contribution in [2.75, 3.05) is 7.11 Å². The van der Waals surface area contributed by atoms with Gasteiger partial charge < -0.3 is 23.1 Å². The van der Waals surface area contributed by atoms with Gasteiger partial charge in [0, 0.05) is 30.4 Å². The van der Waals surface area contributed by atoms with Crippen LogP contribution in [0, 0.1) is 13.8 Å². The van der Waals surface area contributed by atoms with Gasteiger partial charge in [0.2, 0.25) is 23.4 Å². The Hall–Kier alpha value is -6.43. The highest BCUT2D eigenvalue weighted by Gasteiger charge is 2.19. The number of carbonyl (C=O) groups excluding carboxylic acids is 2. The highest BCUT2D eigenvalue weighted by Crippen LogP contribution is 2.26. The molecule has 0 bridgehead atoms. The van der Waals surface area contributed by atoms with Crippen molar-refractivity contribution in [2.45, 2.75) is 20.4 Å². The van der Waals surface area contributed by atoms with E-state index in [0.717, 1.165) is 21.9 Å². The summed E-state index contributed by atoms with van der Waals surface area (Å²) in [5, 5.41) is 10.3. The molecule has 0 atom stereocenters. The van der Waals surface area contributed by atoms with Crippen molar-refractivity contribution in [3.63, 3.8) is 0 Å². The van der Waals surface area contributed by atoms with Crippen LogP contribution in [0.2, 0.25) is 0 Å². The molecule has 7 aromatic rings. The number of pyridine rings is 1. The Bertz CT molecular complexity index is 2410. The zero-order valence-corrected chi connectivity index (χ0v) is 25.4. The lowest BCUT2D eigenvalue weighted by Crippen LogP contribution is -2.27. The molecule has 0 aliphatic carbocycles. The molecule has 7 rings (SSSR count). The van der Waals surface area contributed by atoms with Gasteiger partial charge in [0.15, 0.2) is 0 Å². The minimum absolute atomic E-state index is 0.151. The lowest BCUT2D eigenvalue weighted by molar-refractivity contribution is 0.0597. The summed E-state index contributed by atoms with van der Waals surface area (Å²) in [7, 11) is 1.21. The molecule has 0 N–H and O–H groups in total. The van der Waals surface area contributed by atoms with Gasteiger partial charge in [-0.3, -0.25) is 4.79 Å². The van der Waals surface area contributed by atoms with Crippen molar-refractivity contribution in [1.29, 1.82) is 0 Å². The standard InChI is InChI=1S/C35H25N5O7/c1-19-36-31(38-46-19)23-5-4-6-25(14-23)34(42)45-28-11-12-30-27(16-28)17-29(35(43)44-3)33(41)40(30)18-21-7-8-22-9-10-24(15-26(22)13-21)32-37-20(2)47-39-32/h4-17H,18H2,1-3H3. The van der Waals surface area contributed by atoms with Crippen molar-refractivity contribution >= 4 is 33.6 Å². The van der Waals surface area contributed by atoms with Gasteiger partial charge in [-0.15, -0.1) is 0 Å². The first-order chi connectivity index (χ1) is 22.7. The summed E-state index contributed by atoms with van der Waals surface area (Å²) < 4.78 is 22.3. The van der Waals surface area contributed by atoms with Crippen LogP contribution in [-0.4, -0.2) is 43.9 Å². The third-order valence-corrected chi connectivity index (χ3v) is 7.60. The predicted molar refractivity (Wildman–Crippen MR) is 170 cm³/mol. The van der Waals surface area contributed by atoms with Crippen molar-refractivity contribution in [2.24, 2.45) is 0 Å². The molecule has 3 heterocycles. The molecule has 47 heavy (non-hydrogen) atoms. The molecular formula is C35H25N5O7. The van der Waals surface area contributed by atoms with E-state index < -0.39 is 17.5 Å². The number of benzene rings is 4. The number of ether oxygens (including phenoxy) is 2. The average Bonchev–Trinajstić information content (AvgIpc) is 3.73. The molecule has 232 valence electrons. The highest BCUT2D eigenvalue weighted by atomic mass is 16.5. The number of esters is 2. The summed E-state index contributed by atoms with van der Waals surface area (Å²) in [5.41, 5.74) is 2.35. The van der Waals surface area contributed by atoms with Gasteiger partial charge in [0.1, 0.15) is 11.3 Å². The van der Waals surface area contributed by atoms with Crippen LogP contribution < -0.4 is 10.3 Å². The van der Waals surface area contributed by atoms with Crippen LogP contribution >= 0.6 is 0 Å². The Morgan fingerprint density at radius 3 is 2.17 bits per heavy atom. The summed E-state index contributed by atoms with van der Waals surface area (Å²) in [4.78, 5) is 47.9. The van der Waals surface area contributed by atoms with E-state index in [1.165, 1.54) is 17.7 Å². The summed E-state index contributed by atoms with van der Waals surface area (Å²) in [6.07, 6.45) is 0. The Kier molecular flexibility index (Phi) is 7.37. The first-order valence-electron chi connectivity index (χ1n) is 14.5. The fourth-order valence-corrected chi connectivity index (χ4v) is 5.34. The van der Waals surface area contributed by atoms with Crippen LogP contribution in [0.5, 0.6) is 5.75 Å². The normalized spacial score (nSPS) is 11.2. The Morgan fingerprint density at radius 1 is 0.745 bits per heavy atom. The summed E-state index contributed by atoms with van der Waals surface area (Å²) in [6.45, 7) is 3.56. The number of carbonyl (C=O) groups is 2. The van der Waals surface area contributed by atoms with Gasteiger partial charge in [-0.1, -0.05) is 46.7 Å². The molecule has 0 spiro atoms. The Labute approximate surface area is 266 Å². The lowest BCUT2D eigenvalue weighted by Gasteiger charge is -2.14. The number of fused-ring (bicyclic) bond motifs is 2. The van der Waals surface area contributed by atoms with Gasteiger partial charge in [0.05, 0.1) is 24.7 Å². The molecule has 0 saturated carbocycles. The molecule has 0 aliphatic rings. The number of rotatable bonds is 7. The SMILES string of the molecule is COC(=O)c1cc2cc(OC(=O)c3cccc(-c4noc(C)n4)c3)ccc2n(Cc2ccc3ccc(-c4noc(C)n4)cc3c2)c1=O. The zero-order chi connectivity index (χ0) is 32.7. The van der Waals surface area contributed by atoms with E-state index in [2.05, 4.69) is 20.3 Å². The molecule has 0 amide bonds. The van der Waals surface area contributed by atoms with Crippen molar-refractivity contribution in [1.82, 2.24) is 24.8 Å². The molecule has 12 nitrogen and oxygen atoms in total. The fraction of sp³-hybridized carbons (Fsp3) is 0.114. The molecule has 12 heteroatoms. The van der Waals surface area contributed by atoms with Crippen LogP contribution in [0.15, 0.2) is 98.8 Å². The van der Waals surface area contributed by atoms with Gasteiger partial charge in [-0.05, 0) is 64.9 Å². The number of hydrogen-bond acceptors (Lipinski definition) is 11. The second-order valence-corrected chi connectivity index (χ2v) is 10.8. The van der Waals surface area contributed by atoms with E-state index in [-0.39, 0.29) is 23.4 Å². The van der Waals surface area contributed by atoms with Gasteiger partial charge in [0.25, 0.3) is 5.56 Å². The van der Waals surface area contributed by atoms with E-state index >= 15 is 0 Å². The number of hydrogen-bond donors (Lipinski definition) is 0. The minimum Gasteiger partial charge on any atom is -0.465 e. The summed E-state index contributed by atoms with van der Waals surface area (Å²) >= 11 is 0. The third kappa shape index (κ3) is 5.75. The highest BCUT2D eigenvalue weighted by molar-refractivity contribution is 5.95. The quantitative estimate of drug-likeness (QED) is 0.153. The van der Waals surface area contributed by atoms with E-state index in [4.69, 9.17) is 18.5 Å². The number of nitrogens with zero attached hydrogens (tertiary/aromatic N) is 5. The molecule has 0 aliphatic heterocycles. The van der Waals surface area contributed by atoms with Gasteiger partial charge >= 0.3 is 11.9 Å². The van der Waals surface area contributed by atoms with Crippen LogP contribution in [0.1, 0.15) is 38.1 Å². The monoisotopic (exact) mass is 627 g/mol. The third-order valence-electron chi connectivity index (χ3n) is 7.60. The van der Waals surface area contributed by atoms with E-state index in [0.29, 0.717) is 39.9 Å². The second kappa shape index (κ2) is 11.8. The average molecular weight is 628 g/mol. The van der Waals surface area contributed by atoms with Crippen LogP contribution in [0.25, 0.3) is 44.5 Å². The van der Waals surface area contributed by atoms with Crippen LogP contribution in [0.4, 0.5) is 0 Å². The summed E-state index contributed by atoms with van der Waals surface area (Å²) in [6, 6.07) is 24.7. The molecule has 0 saturated heterocycles. The molecule has 0 fully saturated rings. The fourth-order valence-electron chi connectivity index (χ4n) is 5.34. The van der Waals surface area contributed by atoms with Crippen molar-refractivity contribution in [3.05, 3.63) is 124 Å². The first kappa shape index (κ1) is 29.3. The van der Waals surface area contributed by atoms with Crippen LogP contribution in [0.3, 0.4) is 0 Å². The Balaban J connectivity index is 1.23. The topological polar surface area (TPSA) is 152 Å².